The molecule has 1 heterocycles. The van der Waals surface area contributed by atoms with Crippen LogP contribution in [-0.2, 0) is 20.9 Å². The topological polar surface area (TPSA) is 97.0 Å². The molecule has 0 spiro atoms. The van der Waals surface area contributed by atoms with Gasteiger partial charge in [0.05, 0.1) is 6.04 Å². The summed E-state index contributed by atoms with van der Waals surface area (Å²) in [6, 6.07) is 8.99. The molecule has 0 bridgehead atoms. The summed E-state index contributed by atoms with van der Waals surface area (Å²) < 4.78 is 10.6. The fraction of sp³-hybridized carbons (Fsp3) is 0.591. The number of alkyl carbamates (subject to hydrolysis) is 1. The maximum absolute atomic E-state index is 12.8. The molecule has 0 aliphatic carbocycles. The fourth-order valence-electron chi connectivity index (χ4n) is 3.07. The maximum atomic E-state index is 12.8. The lowest BCUT2D eigenvalue weighted by molar-refractivity contribution is -0.131. The summed E-state index contributed by atoms with van der Waals surface area (Å²) in [6.07, 6.45) is 1.65. The number of rotatable bonds is 8. The first-order valence-corrected chi connectivity index (χ1v) is 10.5. The number of amides is 3. The smallest absolute Gasteiger partial charge is 0.416 e. The molecular weight excluding hydrogens is 386 g/mol. The summed E-state index contributed by atoms with van der Waals surface area (Å²) in [7, 11) is 0. The normalized spacial score (nSPS) is 16.0. The highest BCUT2D eigenvalue weighted by Gasteiger charge is 2.31. The van der Waals surface area contributed by atoms with Gasteiger partial charge in [0, 0.05) is 13.1 Å². The van der Waals surface area contributed by atoms with Gasteiger partial charge in [-0.15, -0.1) is 0 Å². The monoisotopic (exact) mass is 419 g/mol. The Labute approximate surface area is 178 Å². The summed E-state index contributed by atoms with van der Waals surface area (Å²) in [5, 5.41) is 5.81. The van der Waals surface area contributed by atoms with Gasteiger partial charge >= 0.3 is 12.2 Å². The minimum atomic E-state index is -0.641. The van der Waals surface area contributed by atoms with E-state index in [0.717, 1.165) is 18.5 Å². The van der Waals surface area contributed by atoms with Gasteiger partial charge in [-0.05, 0) is 58.6 Å². The van der Waals surface area contributed by atoms with Crippen LogP contribution in [0.15, 0.2) is 30.3 Å². The van der Waals surface area contributed by atoms with Crippen LogP contribution in [0.5, 0.6) is 0 Å². The van der Waals surface area contributed by atoms with Crippen molar-refractivity contribution in [2.24, 2.45) is 0 Å². The van der Waals surface area contributed by atoms with Crippen LogP contribution in [0, 0.1) is 0 Å². The van der Waals surface area contributed by atoms with E-state index in [9.17, 15) is 14.4 Å². The van der Waals surface area contributed by atoms with Gasteiger partial charge in [-0.25, -0.2) is 14.5 Å². The lowest BCUT2D eigenvalue weighted by Crippen LogP contribution is -2.47. The van der Waals surface area contributed by atoms with Crippen molar-refractivity contribution < 1.29 is 23.9 Å². The summed E-state index contributed by atoms with van der Waals surface area (Å²) in [5.74, 6) is -0.259. The molecule has 1 aromatic carbocycles. The lowest BCUT2D eigenvalue weighted by Gasteiger charge is -2.23. The number of nitrogens with one attached hydrogen (secondary N) is 2. The predicted molar refractivity (Wildman–Crippen MR) is 113 cm³/mol. The Morgan fingerprint density at radius 1 is 1.17 bits per heavy atom. The van der Waals surface area contributed by atoms with E-state index in [-0.39, 0.29) is 25.1 Å². The molecule has 1 atom stereocenters. The molecule has 8 nitrogen and oxygen atoms in total. The predicted octanol–water partition coefficient (Wildman–Crippen LogP) is 3.21. The molecule has 0 unspecified atom stereocenters. The lowest BCUT2D eigenvalue weighted by atomic mass is 10.2. The third-order valence-corrected chi connectivity index (χ3v) is 4.53. The number of unbranched alkanes of at least 4 members (excludes halogenated alkanes) is 1. The number of hydrogen-bond acceptors (Lipinski definition) is 6. The summed E-state index contributed by atoms with van der Waals surface area (Å²) >= 11 is 0. The molecule has 1 aromatic rings. The van der Waals surface area contributed by atoms with E-state index in [4.69, 9.17) is 9.47 Å². The minimum absolute atomic E-state index is 0.113. The molecule has 0 radical (unpaired) electrons. The van der Waals surface area contributed by atoms with Crippen molar-refractivity contribution in [3.63, 3.8) is 0 Å². The summed E-state index contributed by atoms with van der Waals surface area (Å²) in [5.41, 5.74) is 0.309. The van der Waals surface area contributed by atoms with Gasteiger partial charge in [0.25, 0.3) is 0 Å². The number of carbonyl (C=O) groups excluding carboxylic acids is 3. The standard InChI is InChI=1S/C22H33N3O5/c1-22(2,3)30-20(27)24-13-7-8-15-25(19(26)18-12-9-14-23-18)21(28)29-16-17-10-5-4-6-11-17/h4-6,10-11,18,23H,7-9,12-16H2,1-3H3,(H,24,27)/t18-/m0/s1. The molecular formula is C22H33N3O5. The molecule has 166 valence electrons. The van der Waals surface area contributed by atoms with Gasteiger partial charge in [0.15, 0.2) is 0 Å². The van der Waals surface area contributed by atoms with Crippen molar-refractivity contribution >= 4 is 18.1 Å². The number of nitrogens with zero attached hydrogens (tertiary/aromatic N) is 1. The Kier molecular flexibility index (Phi) is 9.11. The maximum Gasteiger partial charge on any atom is 0.416 e. The highest BCUT2D eigenvalue weighted by atomic mass is 16.6. The Morgan fingerprint density at radius 3 is 2.53 bits per heavy atom. The summed E-state index contributed by atoms with van der Waals surface area (Å²) in [4.78, 5) is 38.3. The third kappa shape index (κ3) is 8.41. The van der Waals surface area contributed by atoms with E-state index in [1.807, 2.05) is 30.3 Å². The molecule has 1 saturated heterocycles. The van der Waals surface area contributed by atoms with E-state index in [0.29, 0.717) is 25.8 Å². The van der Waals surface area contributed by atoms with Crippen molar-refractivity contribution in [2.45, 2.75) is 64.7 Å². The summed E-state index contributed by atoms with van der Waals surface area (Å²) in [6.45, 7) is 6.92. The average Bonchev–Trinajstić information content (AvgIpc) is 3.23. The zero-order valence-corrected chi connectivity index (χ0v) is 18.1. The fourth-order valence-corrected chi connectivity index (χ4v) is 3.07. The van der Waals surface area contributed by atoms with Crippen LogP contribution in [0.2, 0.25) is 0 Å². The van der Waals surface area contributed by atoms with Gasteiger partial charge in [-0.2, -0.15) is 0 Å². The number of carbonyl (C=O) groups is 3. The van der Waals surface area contributed by atoms with Crippen molar-refractivity contribution in [2.75, 3.05) is 19.6 Å². The number of imide groups is 1. The zero-order chi connectivity index (χ0) is 22.0. The molecule has 30 heavy (non-hydrogen) atoms. The first-order chi connectivity index (χ1) is 14.3. The molecule has 3 amide bonds. The highest BCUT2D eigenvalue weighted by molar-refractivity contribution is 5.95. The van der Waals surface area contributed by atoms with E-state index < -0.39 is 17.8 Å². The van der Waals surface area contributed by atoms with Crippen LogP contribution >= 0.6 is 0 Å². The number of ether oxygens (including phenoxy) is 2. The van der Waals surface area contributed by atoms with Crippen LogP contribution in [0.1, 0.15) is 52.0 Å². The van der Waals surface area contributed by atoms with Gasteiger partial charge in [0.2, 0.25) is 5.91 Å². The van der Waals surface area contributed by atoms with Crippen LogP contribution < -0.4 is 10.6 Å². The van der Waals surface area contributed by atoms with Crippen molar-refractivity contribution in [1.82, 2.24) is 15.5 Å². The van der Waals surface area contributed by atoms with Gasteiger partial charge in [-0.3, -0.25) is 4.79 Å². The molecule has 0 aromatic heterocycles. The molecule has 1 aliphatic rings. The van der Waals surface area contributed by atoms with Crippen molar-refractivity contribution in [3.05, 3.63) is 35.9 Å². The second-order valence-electron chi connectivity index (χ2n) is 8.31. The second kappa shape index (κ2) is 11.5. The number of benzene rings is 1. The van der Waals surface area contributed by atoms with Crippen molar-refractivity contribution in [3.8, 4) is 0 Å². The molecule has 8 heteroatoms. The molecule has 2 rings (SSSR count). The molecule has 2 N–H and O–H groups in total. The number of hydrogen-bond donors (Lipinski definition) is 2. The van der Waals surface area contributed by atoms with E-state index in [1.165, 1.54) is 4.90 Å². The molecule has 0 saturated carbocycles. The van der Waals surface area contributed by atoms with Crippen LogP contribution in [-0.4, -0.2) is 54.3 Å². The highest BCUT2D eigenvalue weighted by Crippen LogP contribution is 2.12. The van der Waals surface area contributed by atoms with Gasteiger partial charge in [0.1, 0.15) is 12.2 Å². The van der Waals surface area contributed by atoms with Crippen LogP contribution in [0.4, 0.5) is 9.59 Å². The van der Waals surface area contributed by atoms with Gasteiger partial charge in [-0.1, -0.05) is 30.3 Å². The second-order valence-corrected chi connectivity index (χ2v) is 8.31. The Morgan fingerprint density at radius 2 is 1.90 bits per heavy atom. The van der Waals surface area contributed by atoms with Crippen LogP contribution in [0.25, 0.3) is 0 Å². The Bertz CT molecular complexity index is 696. The molecule has 1 aliphatic heterocycles. The van der Waals surface area contributed by atoms with E-state index >= 15 is 0 Å². The average molecular weight is 420 g/mol. The minimum Gasteiger partial charge on any atom is -0.444 e. The largest absolute Gasteiger partial charge is 0.444 e. The van der Waals surface area contributed by atoms with Crippen molar-refractivity contribution in [1.29, 1.82) is 0 Å². The Hall–Kier alpha value is -2.61. The molecule has 1 fully saturated rings. The first kappa shape index (κ1) is 23.7. The first-order valence-electron chi connectivity index (χ1n) is 10.5. The van der Waals surface area contributed by atoms with Crippen LogP contribution in [0.3, 0.4) is 0 Å². The third-order valence-electron chi connectivity index (χ3n) is 4.53. The van der Waals surface area contributed by atoms with Gasteiger partial charge < -0.3 is 20.1 Å². The SMILES string of the molecule is CC(C)(C)OC(=O)NCCCCN(C(=O)OCc1ccccc1)C(=O)[C@@H]1CCCN1. The quantitative estimate of drug-likeness (QED) is 0.628. The Balaban J connectivity index is 1.83. The zero-order valence-electron chi connectivity index (χ0n) is 18.1. The van der Waals surface area contributed by atoms with E-state index in [2.05, 4.69) is 10.6 Å². The van der Waals surface area contributed by atoms with E-state index in [1.54, 1.807) is 20.8 Å².